The first-order valence-electron chi connectivity index (χ1n) is 9.41. The molecular formula is C21H16F4N6O. The van der Waals surface area contributed by atoms with Crippen molar-refractivity contribution in [1.29, 1.82) is 0 Å². The van der Waals surface area contributed by atoms with E-state index in [4.69, 9.17) is 0 Å². The van der Waals surface area contributed by atoms with E-state index in [0.717, 1.165) is 36.0 Å². The first kappa shape index (κ1) is 21.2. The number of alkyl halides is 3. The van der Waals surface area contributed by atoms with Gasteiger partial charge in [0.25, 0.3) is 5.91 Å². The largest absolute Gasteiger partial charge is 0.434 e. The average molecular weight is 444 g/mol. The van der Waals surface area contributed by atoms with Crippen molar-refractivity contribution in [3.63, 3.8) is 0 Å². The lowest BCUT2D eigenvalue weighted by molar-refractivity contribution is -0.143. The lowest BCUT2D eigenvalue weighted by atomic mass is 10.1. The van der Waals surface area contributed by atoms with E-state index in [1.807, 2.05) is 12.1 Å². The summed E-state index contributed by atoms with van der Waals surface area (Å²) in [5.41, 5.74) is -0.208. The Kier molecular flexibility index (Phi) is 5.71. The van der Waals surface area contributed by atoms with Gasteiger partial charge in [-0.25, -0.2) is 18.7 Å². The molecule has 2 aromatic carbocycles. The number of carbonyl (C=O) groups excluding carboxylic acids is 1. The summed E-state index contributed by atoms with van der Waals surface area (Å²) in [7, 11) is 0. The highest BCUT2D eigenvalue weighted by atomic mass is 19.4. The Bertz CT molecular complexity index is 1200. The Balaban J connectivity index is 1.49. The maximum Gasteiger partial charge on any atom is 0.434 e. The predicted molar refractivity (Wildman–Crippen MR) is 105 cm³/mol. The minimum atomic E-state index is -4.85. The highest BCUT2D eigenvalue weighted by Gasteiger charge is 2.40. The van der Waals surface area contributed by atoms with Crippen LogP contribution < -0.4 is 5.32 Å². The van der Waals surface area contributed by atoms with Gasteiger partial charge in [0.15, 0.2) is 5.69 Å². The molecule has 11 heteroatoms. The normalized spacial score (nSPS) is 11.5. The standard InChI is InChI=1S/C21H16F4N6O/c22-16-5-7-17(8-6-16)31-19(21(23,24)25)18(10-28-31)20(32)27-9-14-1-3-15(4-2-14)11-30-13-26-12-29-30/h1-8,10,12-13H,9,11H2,(H,27,32). The third-order valence-corrected chi connectivity index (χ3v) is 4.64. The zero-order valence-electron chi connectivity index (χ0n) is 16.4. The van der Waals surface area contributed by atoms with E-state index in [2.05, 4.69) is 20.5 Å². The predicted octanol–water partition coefficient (Wildman–Crippen LogP) is 3.60. The Morgan fingerprint density at radius 3 is 2.28 bits per heavy atom. The number of halogens is 4. The number of rotatable bonds is 6. The number of carbonyl (C=O) groups is 1. The maximum absolute atomic E-state index is 13.7. The van der Waals surface area contributed by atoms with Crippen LogP contribution in [0.2, 0.25) is 0 Å². The third kappa shape index (κ3) is 4.66. The van der Waals surface area contributed by atoms with Gasteiger partial charge in [-0.15, -0.1) is 0 Å². The highest BCUT2D eigenvalue weighted by molar-refractivity contribution is 5.95. The molecule has 2 heterocycles. The van der Waals surface area contributed by atoms with Crippen LogP contribution in [-0.4, -0.2) is 30.5 Å². The maximum atomic E-state index is 13.7. The second-order valence-electron chi connectivity index (χ2n) is 6.89. The van der Waals surface area contributed by atoms with Crippen LogP contribution in [0.5, 0.6) is 0 Å². The minimum Gasteiger partial charge on any atom is -0.348 e. The molecule has 0 radical (unpaired) electrons. The van der Waals surface area contributed by atoms with Crippen LogP contribution in [0, 0.1) is 5.82 Å². The first-order chi connectivity index (χ1) is 15.3. The summed E-state index contributed by atoms with van der Waals surface area (Å²) >= 11 is 0. The lowest BCUT2D eigenvalue weighted by Gasteiger charge is -2.13. The molecule has 164 valence electrons. The van der Waals surface area contributed by atoms with Crippen LogP contribution in [0.15, 0.2) is 67.4 Å². The third-order valence-electron chi connectivity index (χ3n) is 4.64. The van der Waals surface area contributed by atoms with Gasteiger partial charge in [0.1, 0.15) is 18.5 Å². The summed E-state index contributed by atoms with van der Waals surface area (Å²) in [6, 6.07) is 11.5. The molecule has 4 rings (SSSR count). The molecule has 0 aliphatic carbocycles. The molecule has 0 aliphatic rings. The number of nitrogens with zero attached hydrogens (tertiary/aromatic N) is 5. The fourth-order valence-electron chi connectivity index (χ4n) is 3.11. The van der Waals surface area contributed by atoms with Gasteiger partial charge in [-0.3, -0.25) is 4.79 Å². The van der Waals surface area contributed by atoms with E-state index in [1.54, 1.807) is 23.1 Å². The summed E-state index contributed by atoms with van der Waals surface area (Å²) in [6.07, 6.45) is -0.987. The molecule has 0 saturated carbocycles. The first-order valence-corrected chi connectivity index (χ1v) is 9.41. The van der Waals surface area contributed by atoms with Crippen molar-refractivity contribution in [2.75, 3.05) is 0 Å². The molecule has 4 aromatic rings. The number of benzene rings is 2. The minimum absolute atomic E-state index is 0.0132. The van der Waals surface area contributed by atoms with Crippen LogP contribution in [0.1, 0.15) is 27.2 Å². The Morgan fingerprint density at radius 1 is 0.969 bits per heavy atom. The van der Waals surface area contributed by atoms with Gasteiger partial charge in [0.05, 0.1) is 24.0 Å². The van der Waals surface area contributed by atoms with E-state index in [9.17, 15) is 22.4 Å². The molecule has 0 aliphatic heterocycles. The van der Waals surface area contributed by atoms with Gasteiger partial charge in [-0.05, 0) is 35.4 Å². The van der Waals surface area contributed by atoms with E-state index in [-0.39, 0.29) is 12.2 Å². The number of hydrogen-bond donors (Lipinski definition) is 1. The van der Waals surface area contributed by atoms with Crippen LogP contribution in [0.3, 0.4) is 0 Å². The van der Waals surface area contributed by atoms with Crippen molar-refractivity contribution in [3.05, 3.63) is 95.6 Å². The molecule has 0 atom stereocenters. The number of hydrogen-bond acceptors (Lipinski definition) is 4. The lowest BCUT2D eigenvalue weighted by Crippen LogP contribution is -2.26. The molecule has 0 fully saturated rings. The molecule has 0 bridgehead atoms. The summed E-state index contributed by atoms with van der Waals surface area (Å²) < 4.78 is 56.5. The van der Waals surface area contributed by atoms with E-state index >= 15 is 0 Å². The second kappa shape index (κ2) is 8.61. The summed E-state index contributed by atoms with van der Waals surface area (Å²) in [5, 5.41) is 10.2. The average Bonchev–Trinajstić information content (AvgIpc) is 3.43. The van der Waals surface area contributed by atoms with Crippen LogP contribution in [0.25, 0.3) is 5.69 Å². The molecule has 1 amide bonds. The highest BCUT2D eigenvalue weighted by Crippen LogP contribution is 2.33. The fraction of sp³-hybridized carbons (Fsp3) is 0.143. The van der Waals surface area contributed by atoms with Crippen LogP contribution in [0.4, 0.5) is 17.6 Å². The van der Waals surface area contributed by atoms with Crippen molar-refractivity contribution in [3.8, 4) is 5.69 Å². The smallest absolute Gasteiger partial charge is 0.348 e. The molecule has 0 saturated heterocycles. The summed E-state index contributed by atoms with van der Waals surface area (Å²) in [6.45, 7) is 0.547. The van der Waals surface area contributed by atoms with Gasteiger partial charge < -0.3 is 5.32 Å². The molecule has 1 N–H and O–H groups in total. The summed E-state index contributed by atoms with van der Waals surface area (Å²) in [4.78, 5) is 16.4. The number of aromatic nitrogens is 5. The number of nitrogens with one attached hydrogen (secondary N) is 1. The summed E-state index contributed by atoms with van der Waals surface area (Å²) in [5.74, 6) is -1.52. The monoisotopic (exact) mass is 444 g/mol. The Morgan fingerprint density at radius 2 is 1.66 bits per heavy atom. The van der Waals surface area contributed by atoms with Gasteiger partial charge in [-0.2, -0.15) is 23.4 Å². The van der Waals surface area contributed by atoms with E-state index < -0.39 is 29.2 Å². The van der Waals surface area contributed by atoms with Gasteiger partial charge in [-0.1, -0.05) is 24.3 Å². The molecule has 7 nitrogen and oxygen atoms in total. The molecule has 2 aromatic heterocycles. The van der Waals surface area contributed by atoms with Crippen molar-refractivity contribution in [2.45, 2.75) is 19.3 Å². The molecule has 32 heavy (non-hydrogen) atoms. The van der Waals surface area contributed by atoms with Crippen LogP contribution >= 0.6 is 0 Å². The van der Waals surface area contributed by atoms with Crippen molar-refractivity contribution >= 4 is 5.91 Å². The fourth-order valence-corrected chi connectivity index (χ4v) is 3.11. The van der Waals surface area contributed by atoms with Crippen molar-refractivity contribution in [1.82, 2.24) is 29.9 Å². The zero-order chi connectivity index (χ0) is 22.7. The van der Waals surface area contributed by atoms with Crippen LogP contribution in [-0.2, 0) is 19.3 Å². The topological polar surface area (TPSA) is 77.6 Å². The van der Waals surface area contributed by atoms with E-state index in [1.165, 1.54) is 6.33 Å². The van der Waals surface area contributed by atoms with Gasteiger partial charge in [0, 0.05) is 6.54 Å². The number of amides is 1. The Labute approximate surface area is 179 Å². The zero-order valence-corrected chi connectivity index (χ0v) is 16.4. The van der Waals surface area contributed by atoms with Crippen molar-refractivity contribution in [2.24, 2.45) is 0 Å². The quantitative estimate of drug-likeness (QED) is 0.461. The molecular weight excluding hydrogens is 428 g/mol. The van der Waals surface area contributed by atoms with Gasteiger partial charge >= 0.3 is 6.18 Å². The van der Waals surface area contributed by atoms with Crippen molar-refractivity contribution < 1.29 is 22.4 Å². The van der Waals surface area contributed by atoms with Gasteiger partial charge in [0.2, 0.25) is 0 Å². The molecule has 0 unspecified atom stereocenters. The molecule has 0 spiro atoms. The second-order valence-corrected chi connectivity index (χ2v) is 6.89. The Hall–Kier alpha value is -4.02. The SMILES string of the molecule is O=C(NCc1ccc(Cn2cncn2)cc1)c1cnn(-c2ccc(F)cc2)c1C(F)(F)F. The van der Waals surface area contributed by atoms with E-state index in [0.29, 0.717) is 16.8 Å².